The highest BCUT2D eigenvalue weighted by atomic mass is 19.1. The molecule has 3 aromatic rings. The Morgan fingerprint density at radius 3 is 1.93 bits per heavy atom. The summed E-state index contributed by atoms with van der Waals surface area (Å²) < 4.78 is 13.5. The van der Waals surface area contributed by atoms with Crippen LogP contribution in [0.25, 0.3) is 22.3 Å². The number of unbranched alkanes of at least 4 members (excludes halogenated alkanes) is 2. The van der Waals surface area contributed by atoms with Gasteiger partial charge in [0.1, 0.15) is 5.82 Å². The molecule has 0 aromatic heterocycles. The first-order chi connectivity index (χ1) is 13.2. The van der Waals surface area contributed by atoms with E-state index in [1.807, 2.05) is 12.1 Å². The predicted octanol–water partition coefficient (Wildman–Crippen LogP) is 7.84. The van der Waals surface area contributed by atoms with Crippen LogP contribution in [0.3, 0.4) is 0 Å². The quantitative estimate of drug-likeness (QED) is 0.384. The van der Waals surface area contributed by atoms with E-state index >= 15 is 0 Å². The van der Waals surface area contributed by atoms with Crippen molar-refractivity contribution < 1.29 is 4.39 Å². The number of hydrogen-bond acceptors (Lipinski definition) is 0. The summed E-state index contributed by atoms with van der Waals surface area (Å²) in [6.07, 6.45) is 6.85. The average Bonchev–Trinajstić information content (AvgIpc) is 2.71. The summed E-state index contributed by atoms with van der Waals surface area (Å²) >= 11 is 0. The maximum Gasteiger partial charge on any atom is 0.123 e. The smallest absolute Gasteiger partial charge is 0.123 e. The Hall–Kier alpha value is -2.41. The molecule has 0 saturated carbocycles. The normalized spacial score (nSPS) is 10.9. The molecule has 1 heteroatoms. The van der Waals surface area contributed by atoms with Gasteiger partial charge in [0.15, 0.2) is 0 Å². The van der Waals surface area contributed by atoms with Crippen molar-refractivity contribution in [3.63, 3.8) is 0 Å². The highest BCUT2D eigenvalue weighted by molar-refractivity contribution is 5.87. The van der Waals surface area contributed by atoms with E-state index in [2.05, 4.69) is 56.3 Å². The van der Waals surface area contributed by atoms with Crippen LogP contribution < -0.4 is 0 Å². The Morgan fingerprint density at radius 2 is 1.22 bits per heavy atom. The van der Waals surface area contributed by atoms with Crippen molar-refractivity contribution >= 4 is 0 Å². The number of hydrogen-bond donors (Lipinski definition) is 0. The Kier molecular flexibility index (Phi) is 6.81. The summed E-state index contributed by atoms with van der Waals surface area (Å²) in [7, 11) is 0. The van der Waals surface area contributed by atoms with Crippen LogP contribution >= 0.6 is 0 Å². The predicted molar refractivity (Wildman–Crippen MR) is 114 cm³/mol. The van der Waals surface area contributed by atoms with Crippen molar-refractivity contribution in [2.45, 2.75) is 52.4 Å². The Bertz CT molecular complexity index is 862. The lowest BCUT2D eigenvalue weighted by molar-refractivity contribution is 0.628. The van der Waals surface area contributed by atoms with Crippen LogP contribution in [0.5, 0.6) is 0 Å². The van der Waals surface area contributed by atoms with Gasteiger partial charge >= 0.3 is 0 Å². The molecule has 0 saturated heterocycles. The number of aryl methyl sites for hydroxylation is 2. The van der Waals surface area contributed by atoms with Gasteiger partial charge in [0.05, 0.1) is 0 Å². The molecule has 0 bridgehead atoms. The number of benzene rings is 3. The molecular weight excluding hydrogens is 331 g/mol. The van der Waals surface area contributed by atoms with Gasteiger partial charge in [0, 0.05) is 0 Å². The fourth-order valence-electron chi connectivity index (χ4n) is 3.73. The van der Waals surface area contributed by atoms with Crippen molar-refractivity contribution in [3.05, 3.63) is 83.7 Å². The molecule has 3 rings (SSSR count). The van der Waals surface area contributed by atoms with Gasteiger partial charge in [-0.1, -0.05) is 81.3 Å². The third kappa shape index (κ3) is 4.66. The van der Waals surface area contributed by atoms with Gasteiger partial charge < -0.3 is 0 Å². The molecule has 140 valence electrons. The number of halogens is 1. The molecule has 3 aromatic carbocycles. The van der Waals surface area contributed by atoms with Gasteiger partial charge in [0.2, 0.25) is 0 Å². The maximum absolute atomic E-state index is 13.5. The molecule has 0 unspecified atom stereocenters. The van der Waals surface area contributed by atoms with Gasteiger partial charge in [-0.05, 0) is 71.2 Å². The zero-order valence-corrected chi connectivity index (χ0v) is 16.5. The van der Waals surface area contributed by atoms with E-state index in [0.717, 1.165) is 24.8 Å². The van der Waals surface area contributed by atoms with E-state index in [-0.39, 0.29) is 5.82 Å². The van der Waals surface area contributed by atoms with Crippen LogP contribution in [0.15, 0.2) is 66.7 Å². The van der Waals surface area contributed by atoms with E-state index in [1.165, 1.54) is 47.1 Å². The minimum atomic E-state index is -0.185. The van der Waals surface area contributed by atoms with Gasteiger partial charge in [-0.2, -0.15) is 0 Å². The Labute approximate surface area is 163 Å². The number of rotatable bonds is 8. The lowest BCUT2D eigenvalue weighted by Gasteiger charge is -2.18. The first kappa shape index (κ1) is 19.4. The second-order valence-corrected chi connectivity index (χ2v) is 7.21. The molecule has 27 heavy (non-hydrogen) atoms. The highest BCUT2D eigenvalue weighted by Gasteiger charge is 2.14. The summed E-state index contributed by atoms with van der Waals surface area (Å²) in [4.78, 5) is 0. The molecule has 0 heterocycles. The van der Waals surface area contributed by atoms with Crippen LogP contribution in [-0.2, 0) is 12.8 Å². The van der Waals surface area contributed by atoms with Crippen molar-refractivity contribution in [2.75, 3.05) is 0 Å². The van der Waals surface area contributed by atoms with Crippen molar-refractivity contribution in [1.82, 2.24) is 0 Å². The largest absolute Gasteiger partial charge is 0.207 e. The molecule has 0 amide bonds. The van der Waals surface area contributed by atoms with E-state index in [4.69, 9.17) is 0 Å². The fraction of sp³-hybridized carbons (Fsp3) is 0.308. The first-order valence-corrected chi connectivity index (χ1v) is 10.2. The Morgan fingerprint density at radius 1 is 0.630 bits per heavy atom. The van der Waals surface area contributed by atoms with Gasteiger partial charge in [-0.15, -0.1) is 0 Å². The molecule has 0 fully saturated rings. The standard InChI is InChI=1S/C26H29F/c1-3-5-10-20-12-7-8-14-24(20)25-15-9-13-21(11-6-4-2)26(25)22-16-18-23(27)19-17-22/h7-9,12-19H,3-6,10-11H2,1-2H3. The first-order valence-electron chi connectivity index (χ1n) is 10.2. The van der Waals surface area contributed by atoms with Crippen molar-refractivity contribution in [3.8, 4) is 22.3 Å². The molecule has 0 atom stereocenters. The van der Waals surface area contributed by atoms with Crippen LogP contribution in [-0.4, -0.2) is 0 Å². The zero-order valence-electron chi connectivity index (χ0n) is 16.5. The van der Waals surface area contributed by atoms with E-state index in [9.17, 15) is 4.39 Å². The molecule has 0 aliphatic rings. The fourth-order valence-corrected chi connectivity index (χ4v) is 3.73. The van der Waals surface area contributed by atoms with Gasteiger partial charge in [0.25, 0.3) is 0 Å². The third-order valence-electron chi connectivity index (χ3n) is 5.19. The molecular formula is C26H29F. The molecule has 0 aliphatic heterocycles. The topological polar surface area (TPSA) is 0 Å². The second-order valence-electron chi connectivity index (χ2n) is 7.21. The summed E-state index contributed by atoms with van der Waals surface area (Å²) in [5, 5.41) is 0. The van der Waals surface area contributed by atoms with Crippen LogP contribution in [0.4, 0.5) is 4.39 Å². The van der Waals surface area contributed by atoms with Gasteiger partial charge in [-0.25, -0.2) is 4.39 Å². The summed E-state index contributed by atoms with van der Waals surface area (Å²) in [6, 6.07) is 22.3. The summed E-state index contributed by atoms with van der Waals surface area (Å²) in [6.45, 7) is 4.46. The monoisotopic (exact) mass is 360 g/mol. The van der Waals surface area contributed by atoms with E-state index < -0.39 is 0 Å². The lowest BCUT2D eigenvalue weighted by atomic mass is 9.86. The second kappa shape index (κ2) is 9.50. The van der Waals surface area contributed by atoms with Crippen molar-refractivity contribution in [2.24, 2.45) is 0 Å². The summed E-state index contributed by atoms with van der Waals surface area (Å²) in [5.41, 5.74) is 7.69. The minimum Gasteiger partial charge on any atom is -0.207 e. The molecule has 0 nitrogen and oxygen atoms in total. The average molecular weight is 361 g/mol. The maximum atomic E-state index is 13.5. The van der Waals surface area contributed by atoms with Crippen LogP contribution in [0.2, 0.25) is 0 Å². The molecule has 0 N–H and O–H groups in total. The lowest BCUT2D eigenvalue weighted by Crippen LogP contribution is -1.97. The van der Waals surface area contributed by atoms with Crippen LogP contribution in [0.1, 0.15) is 50.7 Å². The van der Waals surface area contributed by atoms with Gasteiger partial charge in [-0.3, -0.25) is 0 Å². The molecule has 0 radical (unpaired) electrons. The zero-order chi connectivity index (χ0) is 19.1. The third-order valence-corrected chi connectivity index (χ3v) is 5.19. The molecule has 0 aliphatic carbocycles. The Balaban J connectivity index is 2.17. The van der Waals surface area contributed by atoms with E-state index in [1.54, 1.807) is 12.1 Å². The molecule has 0 spiro atoms. The summed E-state index contributed by atoms with van der Waals surface area (Å²) in [5.74, 6) is -0.185. The van der Waals surface area contributed by atoms with E-state index in [0.29, 0.717) is 0 Å². The van der Waals surface area contributed by atoms with Crippen molar-refractivity contribution in [1.29, 1.82) is 0 Å². The SMILES string of the molecule is CCCCc1ccccc1-c1cccc(CCCC)c1-c1ccc(F)cc1. The minimum absolute atomic E-state index is 0.185. The highest BCUT2D eigenvalue weighted by Crippen LogP contribution is 2.37. The van der Waals surface area contributed by atoms with Crippen LogP contribution in [0, 0.1) is 5.82 Å².